The number of aromatic nitrogens is 4. The normalized spacial score (nSPS) is 19.0. The van der Waals surface area contributed by atoms with Gasteiger partial charge < -0.3 is 25.2 Å². The number of carbonyl (C=O) groups is 1. The van der Waals surface area contributed by atoms with Gasteiger partial charge in [0.25, 0.3) is 11.5 Å². The van der Waals surface area contributed by atoms with E-state index in [1.54, 1.807) is 13.2 Å². The van der Waals surface area contributed by atoms with Gasteiger partial charge >= 0.3 is 5.69 Å². The first-order chi connectivity index (χ1) is 21.6. The van der Waals surface area contributed by atoms with E-state index in [0.29, 0.717) is 24.8 Å². The van der Waals surface area contributed by atoms with Crippen LogP contribution in [0.25, 0.3) is 22.4 Å². The van der Waals surface area contributed by atoms with Gasteiger partial charge in [-0.25, -0.2) is 14.5 Å². The number of ether oxygens (including phenoxy) is 2. The molecule has 1 amide bonds. The molecule has 0 saturated carbocycles. The van der Waals surface area contributed by atoms with Gasteiger partial charge in [0.2, 0.25) is 11.6 Å². The summed E-state index contributed by atoms with van der Waals surface area (Å²) in [5, 5.41) is 20.5. The first kappa shape index (κ1) is 30.4. The number of benzene rings is 2. The first-order valence-corrected chi connectivity index (χ1v) is 14.8. The molecule has 2 aliphatic rings. The lowest BCUT2D eigenvalue weighted by atomic mass is 9.91. The molecule has 234 valence electrons. The van der Waals surface area contributed by atoms with Crippen molar-refractivity contribution in [3.05, 3.63) is 91.3 Å². The van der Waals surface area contributed by atoms with Crippen LogP contribution in [0, 0.1) is 13.8 Å². The zero-order valence-electron chi connectivity index (χ0n) is 25.9. The number of hydrogen-bond donors (Lipinski definition) is 3. The number of aliphatic hydroxyl groups excluding tert-OH is 1. The Morgan fingerprint density at radius 2 is 1.76 bits per heavy atom. The number of anilines is 1. The smallest absolute Gasteiger partial charge is 0.346 e. The molecule has 1 fully saturated rings. The first-order valence-electron chi connectivity index (χ1n) is 14.8. The van der Waals surface area contributed by atoms with E-state index in [9.17, 15) is 19.5 Å². The monoisotopic (exact) mass is 612 g/mol. The average Bonchev–Trinajstić information content (AvgIpc) is 3.64. The third-order valence-corrected chi connectivity index (χ3v) is 8.84. The summed E-state index contributed by atoms with van der Waals surface area (Å²) < 4.78 is 13.0. The minimum atomic E-state index is -0.766. The molecular formula is C33H36N6O6. The van der Waals surface area contributed by atoms with Gasteiger partial charge in [0.1, 0.15) is 0 Å². The van der Waals surface area contributed by atoms with Gasteiger partial charge in [-0.05, 0) is 66.6 Å². The molecule has 2 aromatic carbocycles. The van der Waals surface area contributed by atoms with Crippen molar-refractivity contribution < 1.29 is 19.4 Å². The fourth-order valence-electron chi connectivity index (χ4n) is 6.32. The Balaban J connectivity index is 1.32. The van der Waals surface area contributed by atoms with Gasteiger partial charge in [0, 0.05) is 37.0 Å². The van der Waals surface area contributed by atoms with Gasteiger partial charge in [-0.1, -0.05) is 30.3 Å². The predicted molar refractivity (Wildman–Crippen MR) is 169 cm³/mol. The van der Waals surface area contributed by atoms with Gasteiger partial charge in [0.15, 0.2) is 0 Å². The van der Waals surface area contributed by atoms with Crippen LogP contribution in [-0.2, 0) is 25.3 Å². The second kappa shape index (κ2) is 12.0. The Morgan fingerprint density at radius 3 is 2.47 bits per heavy atom. The van der Waals surface area contributed by atoms with E-state index in [2.05, 4.69) is 21.8 Å². The van der Waals surface area contributed by atoms with Crippen LogP contribution in [0.1, 0.15) is 45.2 Å². The zero-order chi connectivity index (χ0) is 32.0. The van der Waals surface area contributed by atoms with Crippen molar-refractivity contribution in [1.29, 1.82) is 0 Å². The van der Waals surface area contributed by atoms with Crippen LogP contribution in [-0.4, -0.2) is 62.8 Å². The molecule has 1 aliphatic heterocycles. The Labute approximate surface area is 259 Å². The fraction of sp³-hybridized carbons (Fsp3) is 0.364. The molecule has 0 radical (unpaired) electrons. The van der Waals surface area contributed by atoms with Crippen molar-refractivity contribution in [2.45, 2.75) is 44.9 Å². The number of pyridine rings is 1. The number of fused-ring (bicyclic) bond motifs is 1. The van der Waals surface area contributed by atoms with E-state index in [-0.39, 0.29) is 17.8 Å². The van der Waals surface area contributed by atoms with Crippen LogP contribution in [0.5, 0.6) is 5.88 Å². The summed E-state index contributed by atoms with van der Waals surface area (Å²) in [5.41, 5.74) is 6.39. The number of nitrogens with zero attached hydrogens (tertiary/aromatic N) is 4. The van der Waals surface area contributed by atoms with E-state index in [4.69, 9.17) is 14.5 Å². The van der Waals surface area contributed by atoms with E-state index < -0.39 is 23.3 Å². The average molecular weight is 613 g/mol. The number of methoxy groups -OCH3 is 1. The van der Waals surface area contributed by atoms with E-state index in [1.165, 1.54) is 14.1 Å². The number of hydrogen-bond acceptors (Lipinski definition) is 9. The lowest BCUT2D eigenvalue weighted by Gasteiger charge is -2.22. The lowest BCUT2D eigenvalue weighted by molar-refractivity contribution is 0.101. The molecule has 12 nitrogen and oxygen atoms in total. The summed E-state index contributed by atoms with van der Waals surface area (Å²) in [4.78, 5) is 42.6. The molecule has 45 heavy (non-hydrogen) atoms. The second-order valence-corrected chi connectivity index (χ2v) is 11.6. The molecule has 0 bridgehead atoms. The Morgan fingerprint density at radius 1 is 1.04 bits per heavy atom. The number of nitrogens with one attached hydrogen (secondary N) is 2. The largest absolute Gasteiger partial charge is 0.481 e. The minimum absolute atomic E-state index is 0.0158. The van der Waals surface area contributed by atoms with Crippen LogP contribution in [0.15, 0.2) is 52.1 Å². The molecule has 6 rings (SSSR count). The highest BCUT2D eigenvalue weighted by atomic mass is 16.5. The molecule has 2 aromatic heterocycles. The topological polar surface area (TPSA) is 150 Å². The third kappa shape index (κ3) is 5.45. The summed E-state index contributed by atoms with van der Waals surface area (Å²) in [6, 6.07) is 13.6. The third-order valence-electron chi connectivity index (χ3n) is 8.84. The minimum Gasteiger partial charge on any atom is -0.481 e. The van der Waals surface area contributed by atoms with E-state index in [1.807, 2.05) is 44.2 Å². The van der Waals surface area contributed by atoms with Crippen molar-refractivity contribution in [2.75, 3.05) is 25.6 Å². The predicted octanol–water partition coefficient (Wildman–Crippen LogP) is 2.42. The number of amides is 1. The molecule has 3 N–H and O–H groups in total. The van der Waals surface area contributed by atoms with Crippen LogP contribution in [0.3, 0.4) is 0 Å². The number of aliphatic hydroxyl groups is 1. The van der Waals surface area contributed by atoms with Gasteiger partial charge in [-0.2, -0.15) is 5.10 Å². The van der Waals surface area contributed by atoms with Crippen LogP contribution < -0.4 is 26.6 Å². The van der Waals surface area contributed by atoms with Crippen LogP contribution in [0.2, 0.25) is 0 Å². The highest BCUT2D eigenvalue weighted by Gasteiger charge is 2.34. The second-order valence-electron chi connectivity index (χ2n) is 11.6. The quantitative estimate of drug-likeness (QED) is 0.286. The van der Waals surface area contributed by atoms with Crippen molar-refractivity contribution in [3.8, 4) is 28.3 Å². The molecule has 1 aliphatic carbocycles. The number of rotatable bonds is 7. The molecule has 4 aromatic rings. The summed E-state index contributed by atoms with van der Waals surface area (Å²) in [7, 11) is 4.32. The summed E-state index contributed by atoms with van der Waals surface area (Å²) in [6.45, 7) is 4.75. The maximum Gasteiger partial charge on any atom is 0.346 e. The Bertz CT molecular complexity index is 1930. The van der Waals surface area contributed by atoms with Crippen LogP contribution >= 0.6 is 0 Å². The molecule has 1 saturated heterocycles. The summed E-state index contributed by atoms with van der Waals surface area (Å²) in [5.74, 6) is -0.135. The van der Waals surface area contributed by atoms with Gasteiger partial charge in [0.05, 0.1) is 38.2 Å². The molecule has 12 heteroatoms. The molecule has 3 atom stereocenters. The van der Waals surface area contributed by atoms with Crippen LogP contribution in [0.4, 0.5) is 5.69 Å². The van der Waals surface area contributed by atoms with Crippen molar-refractivity contribution in [1.82, 2.24) is 24.6 Å². The number of carbonyl (C=O) groups excluding carboxylic acids is 1. The number of aryl methyl sites for hydroxylation is 2. The Kier molecular flexibility index (Phi) is 8.12. The maximum absolute atomic E-state index is 13.1. The fourth-order valence-corrected chi connectivity index (χ4v) is 6.32. The molecular weight excluding hydrogens is 576 g/mol. The molecule has 0 spiro atoms. The maximum atomic E-state index is 13.1. The SMILES string of the molecule is COc1nc(-c2cccc(-c3cccc(NC(=O)c4nn(C)c(=O)n(C)c4=O)c3C)c2C)cc2c1[C@H](N[C@@H]1COC[C@@H]1O)CC2. The highest BCUT2D eigenvalue weighted by molar-refractivity contribution is 6.03. The zero-order valence-corrected chi connectivity index (χ0v) is 25.9. The lowest BCUT2D eigenvalue weighted by Crippen LogP contribution is -2.43. The van der Waals surface area contributed by atoms with Crippen molar-refractivity contribution >= 4 is 11.6 Å². The molecule has 0 unspecified atom stereocenters. The van der Waals surface area contributed by atoms with Crippen molar-refractivity contribution in [2.24, 2.45) is 14.1 Å². The van der Waals surface area contributed by atoms with E-state index in [0.717, 1.165) is 66.7 Å². The van der Waals surface area contributed by atoms with Crippen molar-refractivity contribution in [3.63, 3.8) is 0 Å². The standard InChI is InChI=1S/C33H36N6O6/c1-17-20(21-9-7-11-23(18(21)2)35-30(41)29-32(42)38(3)33(43)39(4)37-29)8-6-10-22(17)25-14-19-12-13-24(28(19)31(36-25)44-5)34-26-15-45-16-27(26)40/h6-11,14,24,26-27,34,40H,12-13,15-16H2,1-5H3,(H,35,41)/t24-,26-,27+/m1/s1. The Hall–Kier alpha value is -4.65. The van der Waals surface area contributed by atoms with E-state index >= 15 is 0 Å². The summed E-state index contributed by atoms with van der Waals surface area (Å²) in [6.07, 6.45) is 1.19. The van der Waals surface area contributed by atoms with Gasteiger partial charge in [-0.15, -0.1) is 0 Å². The molecule has 3 heterocycles. The van der Waals surface area contributed by atoms with Gasteiger partial charge in [-0.3, -0.25) is 14.2 Å². The summed E-state index contributed by atoms with van der Waals surface area (Å²) >= 11 is 0. The highest BCUT2D eigenvalue weighted by Crippen LogP contribution is 2.41.